The average Bonchev–Trinajstić information content (AvgIpc) is 3.11. The number of carbonyl (C=O) groups is 1. The van der Waals surface area contributed by atoms with Gasteiger partial charge in [-0.1, -0.05) is 11.6 Å². The molecule has 29 heavy (non-hydrogen) atoms. The first-order valence-electron chi connectivity index (χ1n) is 8.90. The van der Waals surface area contributed by atoms with Crippen LogP contribution in [0.1, 0.15) is 28.1 Å². The lowest BCUT2D eigenvalue weighted by atomic mass is 10.2. The molecule has 0 saturated carbocycles. The standard InChI is InChI=1S/C19H23ClF2N4O3/c1-12-6-9-28-16(12)17(27)24-7-3-8-25-19(23-2)26-11-13-10-14(20)4-5-15(13)29-18(21)22/h4-6,9-10,18H,3,7-8,11H2,1-2H3,(H,24,27)(H2,23,25,26). The highest BCUT2D eigenvalue weighted by molar-refractivity contribution is 6.30. The van der Waals surface area contributed by atoms with Gasteiger partial charge in [0.2, 0.25) is 0 Å². The lowest BCUT2D eigenvalue weighted by Crippen LogP contribution is -2.38. The van der Waals surface area contributed by atoms with Crippen molar-refractivity contribution in [1.29, 1.82) is 0 Å². The van der Waals surface area contributed by atoms with Gasteiger partial charge in [0.1, 0.15) is 5.75 Å². The minimum absolute atomic E-state index is 0.0447. The van der Waals surface area contributed by atoms with E-state index in [1.54, 1.807) is 26.1 Å². The number of hydrogen-bond donors (Lipinski definition) is 3. The van der Waals surface area contributed by atoms with Crippen molar-refractivity contribution in [1.82, 2.24) is 16.0 Å². The van der Waals surface area contributed by atoms with Crippen LogP contribution in [0.5, 0.6) is 5.75 Å². The normalized spacial score (nSPS) is 11.4. The molecule has 3 N–H and O–H groups in total. The third-order valence-corrected chi connectivity index (χ3v) is 4.14. The van der Waals surface area contributed by atoms with Crippen molar-refractivity contribution in [2.24, 2.45) is 4.99 Å². The minimum Gasteiger partial charge on any atom is -0.459 e. The summed E-state index contributed by atoms with van der Waals surface area (Å²) in [6, 6.07) is 6.15. The third kappa shape index (κ3) is 7.26. The van der Waals surface area contributed by atoms with E-state index in [0.717, 1.165) is 5.56 Å². The summed E-state index contributed by atoms with van der Waals surface area (Å²) in [5.74, 6) is 0.561. The van der Waals surface area contributed by atoms with Crippen LogP contribution in [0.4, 0.5) is 8.78 Å². The van der Waals surface area contributed by atoms with Crippen LogP contribution in [0, 0.1) is 6.92 Å². The number of alkyl halides is 2. The van der Waals surface area contributed by atoms with Crippen LogP contribution in [-0.4, -0.2) is 38.6 Å². The third-order valence-electron chi connectivity index (χ3n) is 3.91. The molecule has 0 radical (unpaired) electrons. The first-order valence-corrected chi connectivity index (χ1v) is 9.28. The van der Waals surface area contributed by atoms with E-state index < -0.39 is 6.61 Å². The molecule has 2 aromatic rings. The van der Waals surface area contributed by atoms with E-state index in [2.05, 4.69) is 25.7 Å². The number of furan rings is 1. The van der Waals surface area contributed by atoms with Crippen LogP contribution in [0.3, 0.4) is 0 Å². The van der Waals surface area contributed by atoms with Crippen LogP contribution >= 0.6 is 11.6 Å². The molecule has 0 aliphatic heterocycles. The summed E-state index contributed by atoms with van der Waals surface area (Å²) < 4.78 is 34.7. The molecule has 7 nitrogen and oxygen atoms in total. The highest BCUT2D eigenvalue weighted by atomic mass is 35.5. The molecule has 0 bridgehead atoms. The fourth-order valence-corrected chi connectivity index (χ4v) is 2.67. The lowest BCUT2D eigenvalue weighted by molar-refractivity contribution is -0.0504. The zero-order valence-corrected chi connectivity index (χ0v) is 16.9. The maximum atomic E-state index is 12.5. The zero-order chi connectivity index (χ0) is 21.2. The summed E-state index contributed by atoms with van der Waals surface area (Å²) in [6.07, 6.45) is 2.11. The number of guanidine groups is 1. The Labute approximate surface area is 172 Å². The zero-order valence-electron chi connectivity index (χ0n) is 16.1. The Morgan fingerprint density at radius 3 is 2.66 bits per heavy atom. The second-order valence-corrected chi connectivity index (χ2v) is 6.46. The maximum absolute atomic E-state index is 12.5. The molecule has 1 heterocycles. The molecule has 0 fully saturated rings. The van der Waals surface area contributed by atoms with Gasteiger partial charge in [0.05, 0.1) is 6.26 Å². The smallest absolute Gasteiger partial charge is 0.387 e. The predicted octanol–water partition coefficient (Wildman–Crippen LogP) is 3.33. The molecule has 1 aromatic carbocycles. The number of rotatable bonds is 9. The van der Waals surface area contributed by atoms with Crippen molar-refractivity contribution in [3.05, 3.63) is 52.4 Å². The van der Waals surface area contributed by atoms with Gasteiger partial charge < -0.3 is 25.1 Å². The van der Waals surface area contributed by atoms with E-state index in [9.17, 15) is 13.6 Å². The van der Waals surface area contributed by atoms with E-state index >= 15 is 0 Å². The Morgan fingerprint density at radius 2 is 2.00 bits per heavy atom. The highest BCUT2D eigenvalue weighted by Crippen LogP contribution is 2.24. The van der Waals surface area contributed by atoms with Gasteiger partial charge in [0.15, 0.2) is 11.7 Å². The topological polar surface area (TPSA) is 87.9 Å². The molecule has 1 aromatic heterocycles. The summed E-state index contributed by atoms with van der Waals surface area (Å²) >= 11 is 5.94. The predicted molar refractivity (Wildman–Crippen MR) is 107 cm³/mol. The summed E-state index contributed by atoms with van der Waals surface area (Å²) in [5.41, 5.74) is 1.25. The molecule has 10 heteroatoms. The van der Waals surface area contributed by atoms with E-state index in [1.165, 1.54) is 18.4 Å². The monoisotopic (exact) mass is 428 g/mol. The van der Waals surface area contributed by atoms with E-state index in [0.29, 0.717) is 41.8 Å². The SMILES string of the molecule is CN=C(NCCCNC(=O)c1occc1C)NCc1cc(Cl)ccc1OC(F)F. The van der Waals surface area contributed by atoms with E-state index in [-0.39, 0.29) is 18.2 Å². The van der Waals surface area contributed by atoms with Gasteiger partial charge >= 0.3 is 6.61 Å². The number of aryl methyl sites for hydroxylation is 1. The van der Waals surface area contributed by atoms with Crippen molar-refractivity contribution >= 4 is 23.5 Å². The van der Waals surface area contributed by atoms with Gasteiger partial charge in [-0.25, -0.2) is 0 Å². The Balaban J connectivity index is 1.75. The van der Waals surface area contributed by atoms with Crippen LogP contribution in [0.2, 0.25) is 5.02 Å². The Morgan fingerprint density at radius 1 is 1.24 bits per heavy atom. The van der Waals surface area contributed by atoms with E-state index in [1.807, 2.05) is 0 Å². The molecule has 158 valence electrons. The number of carbonyl (C=O) groups excluding carboxylic acids is 1. The highest BCUT2D eigenvalue weighted by Gasteiger charge is 2.12. The van der Waals surface area contributed by atoms with Gasteiger partial charge in [0.25, 0.3) is 5.91 Å². The molecular weight excluding hydrogens is 406 g/mol. The van der Waals surface area contributed by atoms with Crippen molar-refractivity contribution in [3.63, 3.8) is 0 Å². The fraction of sp³-hybridized carbons (Fsp3) is 0.368. The number of halogens is 3. The molecule has 0 saturated heterocycles. The number of aliphatic imine (C=N–C) groups is 1. The Hall–Kier alpha value is -2.81. The first-order chi connectivity index (χ1) is 13.9. The van der Waals surface area contributed by atoms with Crippen molar-refractivity contribution in [2.75, 3.05) is 20.1 Å². The number of hydrogen-bond acceptors (Lipinski definition) is 4. The minimum atomic E-state index is -2.92. The molecule has 0 unspecified atom stereocenters. The van der Waals surface area contributed by atoms with Crippen LogP contribution < -0.4 is 20.7 Å². The number of benzene rings is 1. The number of amides is 1. The second-order valence-electron chi connectivity index (χ2n) is 6.03. The molecule has 1 amide bonds. The van der Waals surface area contributed by atoms with E-state index in [4.69, 9.17) is 16.0 Å². The largest absolute Gasteiger partial charge is 0.459 e. The summed E-state index contributed by atoms with van der Waals surface area (Å²) in [6.45, 7) is 0.0494. The van der Waals surface area contributed by atoms with Crippen LogP contribution in [-0.2, 0) is 6.54 Å². The second kappa shape index (κ2) is 11.3. The fourth-order valence-electron chi connectivity index (χ4n) is 2.48. The summed E-state index contributed by atoms with van der Waals surface area (Å²) in [7, 11) is 1.59. The average molecular weight is 429 g/mol. The van der Waals surface area contributed by atoms with Crippen molar-refractivity contribution < 1.29 is 22.7 Å². The molecular formula is C19H23ClF2N4O3. The molecule has 0 spiro atoms. The van der Waals surface area contributed by atoms with Crippen molar-refractivity contribution in [3.8, 4) is 5.75 Å². The summed E-state index contributed by atoms with van der Waals surface area (Å²) in [4.78, 5) is 16.0. The molecule has 0 aliphatic rings. The summed E-state index contributed by atoms with van der Waals surface area (Å²) in [5, 5.41) is 9.27. The van der Waals surface area contributed by atoms with Gasteiger partial charge in [-0.15, -0.1) is 0 Å². The first kappa shape index (κ1) is 22.5. The van der Waals surface area contributed by atoms with Crippen LogP contribution in [0.25, 0.3) is 0 Å². The number of nitrogens with one attached hydrogen (secondary N) is 3. The number of ether oxygens (including phenoxy) is 1. The lowest BCUT2D eigenvalue weighted by Gasteiger charge is -2.15. The van der Waals surface area contributed by atoms with Gasteiger partial charge in [0, 0.05) is 42.8 Å². The molecule has 2 rings (SSSR count). The molecule has 0 atom stereocenters. The Kier molecular flexibility index (Phi) is 8.72. The Bertz CT molecular complexity index is 843. The number of nitrogens with zero attached hydrogens (tertiary/aromatic N) is 1. The molecule has 0 aliphatic carbocycles. The van der Waals surface area contributed by atoms with Gasteiger partial charge in [-0.3, -0.25) is 9.79 Å². The van der Waals surface area contributed by atoms with Crippen molar-refractivity contribution in [2.45, 2.75) is 26.5 Å². The quantitative estimate of drug-likeness (QED) is 0.324. The maximum Gasteiger partial charge on any atom is 0.387 e. The van der Waals surface area contributed by atoms with Crippen LogP contribution in [0.15, 0.2) is 39.9 Å². The van der Waals surface area contributed by atoms with Gasteiger partial charge in [-0.2, -0.15) is 8.78 Å². The van der Waals surface area contributed by atoms with Gasteiger partial charge in [-0.05, 0) is 37.6 Å².